The zero-order chi connectivity index (χ0) is 19.6. The molecule has 0 N–H and O–H groups in total. The number of esters is 3. The van der Waals surface area contributed by atoms with E-state index in [1.807, 2.05) is 41.5 Å². The van der Waals surface area contributed by atoms with E-state index in [0.29, 0.717) is 6.42 Å². The molecule has 0 aromatic rings. The summed E-state index contributed by atoms with van der Waals surface area (Å²) in [6.45, 7) is 12.0. The number of carbonyl (C=O) groups excluding carboxylic acids is 3. The van der Waals surface area contributed by atoms with Gasteiger partial charge in [0.2, 0.25) is 0 Å². The lowest BCUT2D eigenvalue weighted by Crippen LogP contribution is -2.50. The van der Waals surface area contributed by atoms with Crippen molar-refractivity contribution < 1.29 is 28.6 Å². The first-order valence-electron chi connectivity index (χ1n) is 9.44. The number of rotatable bonds is 4. The van der Waals surface area contributed by atoms with E-state index in [2.05, 4.69) is 0 Å². The third-order valence-electron chi connectivity index (χ3n) is 7.40. The maximum atomic E-state index is 13.2. The topological polar surface area (TPSA) is 78.9 Å². The lowest BCUT2D eigenvalue weighted by Gasteiger charge is -2.44. The Hall–Kier alpha value is -1.59. The highest BCUT2D eigenvalue weighted by atomic mass is 16.6. The normalized spacial score (nSPS) is 37.5. The lowest BCUT2D eigenvalue weighted by molar-refractivity contribution is -0.183. The molecule has 0 aromatic heterocycles. The van der Waals surface area contributed by atoms with Crippen molar-refractivity contribution in [1.82, 2.24) is 0 Å². The first kappa shape index (κ1) is 19.2. The van der Waals surface area contributed by atoms with Crippen molar-refractivity contribution in [2.45, 2.75) is 60.2 Å². The molecule has 6 nitrogen and oxygen atoms in total. The molecular weight excluding hydrogens is 336 g/mol. The molecule has 3 aliphatic rings. The minimum Gasteiger partial charge on any atom is -0.469 e. The van der Waals surface area contributed by atoms with E-state index in [1.165, 1.54) is 7.11 Å². The van der Waals surface area contributed by atoms with Gasteiger partial charge in [-0.3, -0.25) is 14.4 Å². The predicted molar refractivity (Wildman–Crippen MR) is 92.8 cm³/mol. The molecule has 2 bridgehead atoms. The highest BCUT2D eigenvalue weighted by Crippen LogP contribution is 2.59. The second-order valence-electron chi connectivity index (χ2n) is 9.52. The van der Waals surface area contributed by atoms with Gasteiger partial charge in [-0.15, -0.1) is 0 Å². The summed E-state index contributed by atoms with van der Waals surface area (Å²) in [4.78, 5) is 37.7. The number of methoxy groups -OCH3 is 1. The van der Waals surface area contributed by atoms with Crippen molar-refractivity contribution in [3.05, 3.63) is 0 Å². The van der Waals surface area contributed by atoms with Crippen molar-refractivity contribution in [3.63, 3.8) is 0 Å². The Kier molecular flexibility index (Phi) is 4.40. The molecule has 0 aromatic carbocycles. The van der Waals surface area contributed by atoms with Crippen LogP contribution in [0.2, 0.25) is 0 Å². The fourth-order valence-corrected chi connectivity index (χ4v) is 5.26. The van der Waals surface area contributed by atoms with E-state index in [1.54, 1.807) is 0 Å². The van der Waals surface area contributed by atoms with Crippen LogP contribution in [0.4, 0.5) is 0 Å². The third kappa shape index (κ3) is 2.40. The number of hydrogen-bond acceptors (Lipinski definition) is 6. The van der Waals surface area contributed by atoms with E-state index in [4.69, 9.17) is 14.2 Å². The van der Waals surface area contributed by atoms with Gasteiger partial charge in [0, 0.05) is 11.8 Å². The maximum absolute atomic E-state index is 13.2. The Labute approximate surface area is 154 Å². The summed E-state index contributed by atoms with van der Waals surface area (Å²) in [6, 6.07) is 0. The third-order valence-corrected chi connectivity index (χ3v) is 7.40. The molecule has 0 spiro atoms. The molecule has 0 radical (unpaired) electrons. The molecule has 6 heteroatoms. The highest BCUT2D eigenvalue weighted by molar-refractivity contribution is 5.86. The maximum Gasteiger partial charge on any atom is 0.313 e. The predicted octanol–water partition coefficient (Wildman–Crippen LogP) is 2.59. The Morgan fingerprint density at radius 3 is 2.27 bits per heavy atom. The van der Waals surface area contributed by atoms with Crippen molar-refractivity contribution >= 4 is 17.9 Å². The van der Waals surface area contributed by atoms with Gasteiger partial charge in [0.25, 0.3) is 0 Å². The summed E-state index contributed by atoms with van der Waals surface area (Å²) in [5.41, 5.74) is -0.996. The van der Waals surface area contributed by atoms with Gasteiger partial charge in [-0.25, -0.2) is 0 Å². The van der Waals surface area contributed by atoms with Gasteiger partial charge in [0.15, 0.2) is 0 Å². The Bertz CT molecular complexity index is 633. The summed E-state index contributed by atoms with van der Waals surface area (Å²) in [6.07, 6.45) is -0.342. The molecule has 1 aliphatic heterocycles. The largest absolute Gasteiger partial charge is 0.469 e. The highest BCUT2D eigenvalue weighted by Gasteiger charge is 2.70. The van der Waals surface area contributed by atoms with Crippen LogP contribution in [0.5, 0.6) is 0 Å². The minimum absolute atomic E-state index is 0.0608. The molecular formula is C20H30O6. The van der Waals surface area contributed by atoms with Crippen LogP contribution in [-0.4, -0.2) is 37.2 Å². The molecule has 2 aliphatic carbocycles. The first-order chi connectivity index (χ1) is 11.9. The van der Waals surface area contributed by atoms with Gasteiger partial charge in [-0.1, -0.05) is 34.6 Å². The van der Waals surface area contributed by atoms with Crippen LogP contribution in [0, 0.1) is 40.4 Å². The van der Waals surface area contributed by atoms with Crippen LogP contribution >= 0.6 is 0 Å². The van der Waals surface area contributed by atoms with Crippen LogP contribution < -0.4 is 0 Å². The standard InChI is InChI=1S/C20H30O6/c1-9(2)20(6,19(3,4)5)18(23)26-15-10-8-11-13(12(10)16(21)24-7)17(22)25-14(11)15/h9-15H,8H2,1-7H3. The molecule has 146 valence electrons. The first-order valence-corrected chi connectivity index (χ1v) is 9.44. The molecule has 7 unspecified atom stereocenters. The summed E-state index contributed by atoms with van der Waals surface area (Å²) in [5, 5.41) is 0. The van der Waals surface area contributed by atoms with Crippen molar-refractivity contribution in [2.75, 3.05) is 7.11 Å². The number of ether oxygens (including phenoxy) is 3. The fourth-order valence-electron chi connectivity index (χ4n) is 5.26. The Balaban J connectivity index is 1.88. The monoisotopic (exact) mass is 366 g/mol. The van der Waals surface area contributed by atoms with Crippen molar-refractivity contribution in [1.29, 1.82) is 0 Å². The van der Waals surface area contributed by atoms with Crippen molar-refractivity contribution in [3.8, 4) is 0 Å². The van der Waals surface area contributed by atoms with E-state index >= 15 is 0 Å². The summed E-state index contributed by atoms with van der Waals surface area (Å²) < 4.78 is 16.4. The van der Waals surface area contributed by atoms with E-state index < -0.39 is 35.4 Å². The van der Waals surface area contributed by atoms with Crippen LogP contribution in [0.3, 0.4) is 0 Å². The second kappa shape index (κ2) is 5.96. The molecule has 3 fully saturated rings. The number of carbonyl (C=O) groups is 3. The van der Waals surface area contributed by atoms with E-state index in [9.17, 15) is 14.4 Å². The molecule has 1 saturated heterocycles. The van der Waals surface area contributed by atoms with Gasteiger partial charge >= 0.3 is 17.9 Å². The van der Waals surface area contributed by atoms with Gasteiger partial charge in [0.05, 0.1) is 24.4 Å². The van der Waals surface area contributed by atoms with Gasteiger partial charge < -0.3 is 14.2 Å². The molecule has 1 heterocycles. The Morgan fingerprint density at radius 1 is 1.15 bits per heavy atom. The molecule has 3 rings (SSSR count). The van der Waals surface area contributed by atoms with Gasteiger partial charge in [-0.2, -0.15) is 0 Å². The number of fused-ring (bicyclic) bond motifs is 1. The average Bonchev–Trinajstić information content (AvgIpc) is 3.15. The zero-order valence-electron chi connectivity index (χ0n) is 16.7. The van der Waals surface area contributed by atoms with E-state index in [-0.39, 0.29) is 35.1 Å². The lowest BCUT2D eigenvalue weighted by atomic mass is 9.61. The zero-order valence-corrected chi connectivity index (χ0v) is 16.7. The quantitative estimate of drug-likeness (QED) is 0.562. The number of hydrogen-bond donors (Lipinski definition) is 0. The fraction of sp³-hybridized carbons (Fsp3) is 0.850. The van der Waals surface area contributed by atoms with Crippen LogP contribution in [-0.2, 0) is 28.6 Å². The SMILES string of the molecule is COC(=O)C1C2CC3C(OC(=O)C31)C2OC(=O)C(C)(C(C)C)C(C)(C)C. The van der Waals surface area contributed by atoms with E-state index in [0.717, 1.165) is 0 Å². The summed E-state index contributed by atoms with van der Waals surface area (Å²) >= 11 is 0. The molecule has 2 saturated carbocycles. The van der Waals surface area contributed by atoms with Gasteiger partial charge in [0.1, 0.15) is 12.2 Å². The Morgan fingerprint density at radius 2 is 1.77 bits per heavy atom. The van der Waals surface area contributed by atoms with Crippen LogP contribution in [0.15, 0.2) is 0 Å². The van der Waals surface area contributed by atoms with Gasteiger partial charge in [-0.05, 0) is 24.7 Å². The van der Waals surface area contributed by atoms with Crippen LogP contribution in [0.25, 0.3) is 0 Å². The summed E-state index contributed by atoms with van der Waals surface area (Å²) in [5.74, 6) is -2.30. The summed E-state index contributed by atoms with van der Waals surface area (Å²) in [7, 11) is 1.32. The molecule has 26 heavy (non-hydrogen) atoms. The minimum atomic E-state index is -0.697. The second-order valence-corrected chi connectivity index (χ2v) is 9.52. The molecule has 0 amide bonds. The average molecular weight is 366 g/mol. The van der Waals surface area contributed by atoms with Crippen molar-refractivity contribution in [2.24, 2.45) is 40.4 Å². The smallest absolute Gasteiger partial charge is 0.313 e. The molecule has 7 atom stereocenters. The van der Waals surface area contributed by atoms with Crippen LogP contribution in [0.1, 0.15) is 48.0 Å².